The molecule has 0 spiro atoms. The van der Waals surface area contributed by atoms with Crippen molar-refractivity contribution in [1.29, 1.82) is 5.26 Å². The molecule has 14 heavy (non-hydrogen) atoms. The first-order valence-corrected chi connectivity index (χ1v) is 4.08. The van der Waals surface area contributed by atoms with Gasteiger partial charge in [0.15, 0.2) is 11.6 Å². The van der Waals surface area contributed by atoms with E-state index < -0.39 is 11.6 Å². The second kappa shape index (κ2) is 4.56. The van der Waals surface area contributed by atoms with Gasteiger partial charge in [0.05, 0.1) is 13.2 Å². The van der Waals surface area contributed by atoms with Gasteiger partial charge in [0.2, 0.25) is 0 Å². The van der Waals surface area contributed by atoms with Crippen LogP contribution in [0.5, 0.6) is 5.75 Å². The fraction of sp³-hybridized carbons (Fsp3) is 0.300. The molecule has 0 aromatic heterocycles. The molecule has 0 N–H and O–H groups in total. The van der Waals surface area contributed by atoms with Crippen molar-refractivity contribution in [1.82, 2.24) is 0 Å². The summed E-state index contributed by atoms with van der Waals surface area (Å²) in [5, 5.41) is 8.36. The molecule has 74 valence electrons. The summed E-state index contributed by atoms with van der Waals surface area (Å²) in [6.07, 6.45) is 0.609. The zero-order valence-corrected chi connectivity index (χ0v) is 7.68. The van der Waals surface area contributed by atoms with Crippen LogP contribution >= 0.6 is 0 Å². The second-order valence-corrected chi connectivity index (χ2v) is 2.74. The van der Waals surface area contributed by atoms with E-state index in [2.05, 4.69) is 0 Å². The van der Waals surface area contributed by atoms with E-state index in [-0.39, 0.29) is 12.2 Å². The standard InChI is InChI=1S/C10H9F2NO/c1-14-10-6-9(12)8(11)5-7(10)3-2-4-13/h5-6H,2-3H2,1H3. The fourth-order valence-electron chi connectivity index (χ4n) is 1.15. The molecule has 0 unspecified atom stereocenters. The lowest BCUT2D eigenvalue weighted by atomic mass is 10.1. The first kappa shape index (κ1) is 10.5. The lowest BCUT2D eigenvalue weighted by Crippen LogP contribution is -1.96. The lowest BCUT2D eigenvalue weighted by molar-refractivity contribution is 0.401. The number of aryl methyl sites for hydroxylation is 1. The molecule has 0 saturated heterocycles. The molecule has 0 bridgehead atoms. The molecule has 0 atom stereocenters. The van der Waals surface area contributed by atoms with Crippen LogP contribution in [-0.2, 0) is 6.42 Å². The molecular weight excluding hydrogens is 188 g/mol. The van der Waals surface area contributed by atoms with Gasteiger partial charge in [-0.2, -0.15) is 5.26 Å². The minimum Gasteiger partial charge on any atom is -0.496 e. The summed E-state index contributed by atoms with van der Waals surface area (Å²) in [4.78, 5) is 0. The third-order valence-corrected chi connectivity index (χ3v) is 1.83. The number of ether oxygens (including phenoxy) is 1. The molecular formula is C10H9F2NO. The SMILES string of the molecule is COc1cc(F)c(F)cc1CCC#N. The molecule has 0 saturated carbocycles. The van der Waals surface area contributed by atoms with Gasteiger partial charge in [0.25, 0.3) is 0 Å². The van der Waals surface area contributed by atoms with E-state index in [1.54, 1.807) is 0 Å². The van der Waals surface area contributed by atoms with Gasteiger partial charge in [-0.15, -0.1) is 0 Å². The molecule has 0 amide bonds. The van der Waals surface area contributed by atoms with Crippen LogP contribution in [0, 0.1) is 23.0 Å². The van der Waals surface area contributed by atoms with Gasteiger partial charge in [-0.05, 0) is 18.1 Å². The van der Waals surface area contributed by atoms with E-state index in [0.717, 1.165) is 12.1 Å². The predicted octanol–water partition coefficient (Wildman–Crippen LogP) is 2.43. The van der Waals surface area contributed by atoms with Gasteiger partial charge in [-0.1, -0.05) is 0 Å². The van der Waals surface area contributed by atoms with Crippen molar-refractivity contribution in [2.75, 3.05) is 7.11 Å². The van der Waals surface area contributed by atoms with Crippen molar-refractivity contribution < 1.29 is 13.5 Å². The van der Waals surface area contributed by atoms with Crippen LogP contribution in [0.1, 0.15) is 12.0 Å². The Balaban J connectivity index is 3.02. The summed E-state index contributed by atoms with van der Waals surface area (Å²) in [5.74, 6) is -1.58. The summed E-state index contributed by atoms with van der Waals surface area (Å²) >= 11 is 0. The van der Waals surface area contributed by atoms with Crippen LogP contribution in [0.3, 0.4) is 0 Å². The summed E-state index contributed by atoms with van der Waals surface area (Å²) in [6, 6.07) is 3.98. The quantitative estimate of drug-likeness (QED) is 0.745. The van der Waals surface area contributed by atoms with Gasteiger partial charge in [0.1, 0.15) is 5.75 Å². The zero-order valence-electron chi connectivity index (χ0n) is 7.68. The Morgan fingerprint density at radius 2 is 2.00 bits per heavy atom. The van der Waals surface area contributed by atoms with Crippen LogP contribution in [0.4, 0.5) is 8.78 Å². The maximum Gasteiger partial charge on any atom is 0.162 e. The van der Waals surface area contributed by atoms with Crippen LogP contribution < -0.4 is 4.74 Å². The molecule has 0 radical (unpaired) electrons. The van der Waals surface area contributed by atoms with E-state index in [4.69, 9.17) is 10.00 Å². The Bertz CT molecular complexity index is 371. The maximum absolute atomic E-state index is 12.8. The number of nitriles is 1. The molecule has 4 heteroatoms. The highest BCUT2D eigenvalue weighted by Crippen LogP contribution is 2.23. The van der Waals surface area contributed by atoms with Gasteiger partial charge in [-0.25, -0.2) is 8.78 Å². The first-order valence-electron chi connectivity index (χ1n) is 4.08. The van der Waals surface area contributed by atoms with Crippen molar-refractivity contribution in [3.63, 3.8) is 0 Å². The van der Waals surface area contributed by atoms with E-state index >= 15 is 0 Å². The molecule has 0 heterocycles. The Labute approximate surface area is 80.7 Å². The lowest BCUT2D eigenvalue weighted by Gasteiger charge is -2.07. The third kappa shape index (κ3) is 2.19. The summed E-state index contributed by atoms with van der Waals surface area (Å²) in [7, 11) is 1.38. The normalized spacial score (nSPS) is 9.57. The average Bonchev–Trinajstić information content (AvgIpc) is 2.19. The molecule has 0 aliphatic rings. The van der Waals surface area contributed by atoms with Crippen molar-refractivity contribution in [3.8, 4) is 11.8 Å². The minimum atomic E-state index is -0.942. The van der Waals surface area contributed by atoms with Gasteiger partial charge < -0.3 is 4.74 Å². The van der Waals surface area contributed by atoms with Crippen molar-refractivity contribution in [2.45, 2.75) is 12.8 Å². The molecule has 1 aromatic carbocycles. The minimum absolute atomic E-state index is 0.251. The Kier molecular flexibility index (Phi) is 3.41. The first-order chi connectivity index (χ1) is 6.69. The van der Waals surface area contributed by atoms with Crippen molar-refractivity contribution in [2.24, 2.45) is 0 Å². The fourth-order valence-corrected chi connectivity index (χ4v) is 1.15. The molecule has 1 aromatic rings. The van der Waals surface area contributed by atoms with Gasteiger partial charge in [0, 0.05) is 12.5 Å². The molecule has 2 nitrogen and oxygen atoms in total. The smallest absolute Gasteiger partial charge is 0.162 e. The van der Waals surface area contributed by atoms with Crippen molar-refractivity contribution >= 4 is 0 Å². The average molecular weight is 197 g/mol. The van der Waals surface area contributed by atoms with E-state index in [1.807, 2.05) is 6.07 Å². The third-order valence-electron chi connectivity index (χ3n) is 1.83. The summed E-state index contributed by atoms with van der Waals surface area (Å²) in [5.41, 5.74) is 0.507. The number of hydrogen-bond donors (Lipinski definition) is 0. The predicted molar refractivity (Wildman–Crippen MR) is 46.8 cm³/mol. The van der Waals surface area contributed by atoms with Crippen LogP contribution in [0.15, 0.2) is 12.1 Å². The Morgan fingerprint density at radius 1 is 1.36 bits per heavy atom. The van der Waals surface area contributed by atoms with E-state index in [9.17, 15) is 8.78 Å². The van der Waals surface area contributed by atoms with Gasteiger partial charge in [-0.3, -0.25) is 0 Å². The topological polar surface area (TPSA) is 33.0 Å². The Morgan fingerprint density at radius 3 is 2.57 bits per heavy atom. The molecule has 0 aliphatic carbocycles. The highest BCUT2D eigenvalue weighted by Gasteiger charge is 2.09. The van der Waals surface area contributed by atoms with Crippen LogP contribution in [0.2, 0.25) is 0 Å². The number of methoxy groups -OCH3 is 1. The molecule has 0 aliphatic heterocycles. The van der Waals surface area contributed by atoms with Crippen molar-refractivity contribution in [3.05, 3.63) is 29.3 Å². The molecule has 0 fully saturated rings. The van der Waals surface area contributed by atoms with E-state index in [1.165, 1.54) is 7.11 Å². The summed E-state index contributed by atoms with van der Waals surface area (Å²) in [6.45, 7) is 0. The monoisotopic (exact) mass is 197 g/mol. The zero-order chi connectivity index (χ0) is 10.6. The summed E-state index contributed by atoms with van der Waals surface area (Å²) < 4.78 is 30.4. The number of benzene rings is 1. The maximum atomic E-state index is 12.8. The number of halogens is 2. The second-order valence-electron chi connectivity index (χ2n) is 2.74. The van der Waals surface area contributed by atoms with E-state index in [0.29, 0.717) is 12.0 Å². The highest BCUT2D eigenvalue weighted by atomic mass is 19.2. The number of rotatable bonds is 3. The van der Waals surface area contributed by atoms with Gasteiger partial charge >= 0.3 is 0 Å². The largest absolute Gasteiger partial charge is 0.496 e. The number of hydrogen-bond acceptors (Lipinski definition) is 2. The van der Waals surface area contributed by atoms with Crippen LogP contribution in [-0.4, -0.2) is 7.11 Å². The number of nitrogens with zero attached hydrogens (tertiary/aromatic N) is 1. The highest BCUT2D eigenvalue weighted by molar-refractivity contribution is 5.35. The van der Waals surface area contributed by atoms with Crippen LogP contribution in [0.25, 0.3) is 0 Å². The Hall–Kier alpha value is -1.63. The molecule has 1 rings (SSSR count).